The molecule has 0 fully saturated rings. The summed E-state index contributed by atoms with van der Waals surface area (Å²) in [5, 5.41) is 3.66. The van der Waals surface area contributed by atoms with E-state index in [1.54, 1.807) is 0 Å². The van der Waals surface area contributed by atoms with E-state index < -0.39 is 5.41 Å². The van der Waals surface area contributed by atoms with Gasteiger partial charge in [0.25, 0.3) is 0 Å². The molecule has 7 rings (SSSR count). The van der Waals surface area contributed by atoms with Gasteiger partial charge in [-0.2, -0.15) is 0 Å². The first-order valence-corrected chi connectivity index (χ1v) is 11.7. The quantitative estimate of drug-likeness (QED) is 0.296. The average molecular weight is 452 g/mol. The summed E-state index contributed by atoms with van der Waals surface area (Å²) in [6.07, 6.45) is 0. The van der Waals surface area contributed by atoms with Gasteiger partial charge in [0, 0.05) is 16.8 Å². The highest BCUT2D eigenvalue weighted by Crippen LogP contribution is 2.58. The maximum Gasteiger partial charge on any atom is 0.193 e. The van der Waals surface area contributed by atoms with Crippen molar-refractivity contribution in [2.75, 3.05) is 5.32 Å². The first-order chi connectivity index (χ1) is 17.3. The fourth-order valence-electron chi connectivity index (χ4n) is 5.76. The molecule has 0 aromatic heterocycles. The smallest absolute Gasteiger partial charge is 0.193 e. The summed E-state index contributed by atoms with van der Waals surface area (Å²) in [4.78, 5) is 13.6. The Labute approximate surface area is 203 Å². The lowest BCUT2D eigenvalue weighted by molar-refractivity contribution is 0.103. The van der Waals surface area contributed by atoms with Crippen LogP contribution in [0, 0.1) is 0 Å². The molecule has 5 aromatic carbocycles. The van der Waals surface area contributed by atoms with Crippen LogP contribution < -0.4 is 10.1 Å². The highest BCUT2D eigenvalue weighted by molar-refractivity contribution is 6.14. The van der Waals surface area contributed by atoms with Gasteiger partial charge in [-0.25, -0.2) is 0 Å². The minimum atomic E-state index is -0.658. The molecule has 0 radical (unpaired) electrons. The first kappa shape index (κ1) is 19.8. The molecular formula is C32H21NO2. The molecule has 1 spiro atoms. The standard InChI is InChI=1S/C32H21NO2/c34-31-22-13-4-6-15-24(22)32(25-16-7-5-14-23(25)31)26-17-8-9-19-28(26)33-30-27(32)18-10-20-29(30)35-21-11-2-1-3-12-21/h1-20,33H. The Morgan fingerprint density at radius 1 is 0.543 bits per heavy atom. The summed E-state index contributed by atoms with van der Waals surface area (Å²) in [6.45, 7) is 0. The van der Waals surface area contributed by atoms with Crippen molar-refractivity contribution in [1.29, 1.82) is 0 Å². The predicted molar refractivity (Wildman–Crippen MR) is 138 cm³/mol. The van der Waals surface area contributed by atoms with E-state index in [0.29, 0.717) is 0 Å². The van der Waals surface area contributed by atoms with Crippen LogP contribution in [0.4, 0.5) is 11.4 Å². The van der Waals surface area contributed by atoms with E-state index in [-0.39, 0.29) is 5.78 Å². The number of hydrogen-bond donors (Lipinski definition) is 1. The van der Waals surface area contributed by atoms with Crippen LogP contribution in [-0.2, 0) is 5.41 Å². The van der Waals surface area contributed by atoms with Gasteiger partial charge in [0.05, 0.1) is 11.1 Å². The molecule has 0 amide bonds. The second kappa shape index (κ2) is 7.44. The fourth-order valence-corrected chi connectivity index (χ4v) is 5.76. The molecule has 0 saturated heterocycles. The van der Waals surface area contributed by atoms with Gasteiger partial charge < -0.3 is 10.1 Å². The third kappa shape index (κ3) is 2.69. The second-order valence-electron chi connectivity index (χ2n) is 8.93. The van der Waals surface area contributed by atoms with E-state index >= 15 is 0 Å². The SMILES string of the molecule is O=C1c2ccccc2C2(c3ccccc3Nc3c(Oc4ccccc4)cccc32)c2ccccc21. The number of nitrogens with one attached hydrogen (secondary N) is 1. The highest BCUT2D eigenvalue weighted by Gasteiger charge is 2.50. The number of ketones is 1. The first-order valence-electron chi connectivity index (χ1n) is 11.7. The van der Waals surface area contributed by atoms with E-state index in [1.807, 2.05) is 84.9 Å². The molecule has 0 atom stereocenters. The van der Waals surface area contributed by atoms with Crippen LogP contribution in [0.1, 0.15) is 38.2 Å². The van der Waals surface area contributed by atoms with Crippen molar-refractivity contribution < 1.29 is 9.53 Å². The third-order valence-corrected chi connectivity index (χ3v) is 7.14. The number of benzene rings is 5. The van der Waals surface area contributed by atoms with Crippen molar-refractivity contribution in [1.82, 2.24) is 0 Å². The van der Waals surface area contributed by atoms with Gasteiger partial charge in [-0.15, -0.1) is 0 Å². The van der Waals surface area contributed by atoms with E-state index in [0.717, 1.165) is 56.3 Å². The van der Waals surface area contributed by atoms with Crippen molar-refractivity contribution in [2.45, 2.75) is 5.41 Å². The van der Waals surface area contributed by atoms with Crippen LogP contribution in [0.3, 0.4) is 0 Å². The maximum absolute atomic E-state index is 13.6. The Kier molecular flexibility index (Phi) is 4.21. The molecule has 0 bridgehead atoms. The van der Waals surface area contributed by atoms with Gasteiger partial charge in [-0.1, -0.05) is 97.1 Å². The number of fused-ring (bicyclic) bond motifs is 8. The topological polar surface area (TPSA) is 38.3 Å². The Hall–Kier alpha value is -4.63. The van der Waals surface area contributed by atoms with E-state index in [4.69, 9.17) is 4.74 Å². The summed E-state index contributed by atoms with van der Waals surface area (Å²) in [5.41, 5.74) is 6.91. The van der Waals surface area contributed by atoms with Crippen molar-refractivity contribution in [3.8, 4) is 11.5 Å². The Bertz CT molecular complexity index is 1570. The van der Waals surface area contributed by atoms with Crippen LogP contribution in [0.5, 0.6) is 11.5 Å². The summed E-state index contributed by atoms with van der Waals surface area (Å²) < 4.78 is 6.39. The maximum atomic E-state index is 13.6. The molecule has 35 heavy (non-hydrogen) atoms. The number of ether oxygens (including phenoxy) is 1. The van der Waals surface area contributed by atoms with Crippen molar-refractivity contribution in [2.24, 2.45) is 0 Å². The predicted octanol–water partition coefficient (Wildman–Crippen LogP) is 7.46. The van der Waals surface area contributed by atoms with Crippen molar-refractivity contribution in [3.05, 3.63) is 155 Å². The van der Waals surface area contributed by atoms with Gasteiger partial charge in [0.1, 0.15) is 5.75 Å². The number of anilines is 2. The molecule has 166 valence electrons. The van der Waals surface area contributed by atoms with E-state index in [1.165, 1.54) is 0 Å². The molecule has 2 aliphatic rings. The lowest BCUT2D eigenvalue weighted by Gasteiger charge is -2.46. The van der Waals surface area contributed by atoms with Crippen molar-refractivity contribution in [3.63, 3.8) is 0 Å². The number of carbonyl (C=O) groups is 1. The van der Waals surface area contributed by atoms with Crippen LogP contribution >= 0.6 is 0 Å². The molecule has 3 nitrogen and oxygen atoms in total. The largest absolute Gasteiger partial charge is 0.455 e. The molecular weight excluding hydrogens is 430 g/mol. The minimum Gasteiger partial charge on any atom is -0.455 e. The summed E-state index contributed by atoms with van der Waals surface area (Å²) in [7, 11) is 0. The normalized spacial score (nSPS) is 14.2. The zero-order valence-electron chi connectivity index (χ0n) is 18.9. The summed E-state index contributed by atoms with van der Waals surface area (Å²) in [5.74, 6) is 1.58. The van der Waals surface area contributed by atoms with Crippen molar-refractivity contribution >= 4 is 17.2 Å². The zero-order valence-corrected chi connectivity index (χ0v) is 18.9. The molecule has 1 aliphatic heterocycles. The molecule has 3 heteroatoms. The molecule has 0 saturated carbocycles. The summed E-state index contributed by atoms with van der Waals surface area (Å²) >= 11 is 0. The molecule has 0 unspecified atom stereocenters. The monoisotopic (exact) mass is 451 g/mol. The fraction of sp³-hybridized carbons (Fsp3) is 0.0312. The Balaban J connectivity index is 1.60. The van der Waals surface area contributed by atoms with Crippen LogP contribution in [0.25, 0.3) is 0 Å². The molecule has 5 aromatic rings. The van der Waals surface area contributed by atoms with Crippen LogP contribution in [-0.4, -0.2) is 5.78 Å². The number of hydrogen-bond acceptors (Lipinski definition) is 3. The van der Waals surface area contributed by atoms with Gasteiger partial charge in [-0.05, 0) is 46.5 Å². The van der Waals surface area contributed by atoms with Gasteiger partial charge in [0.2, 0.25) is 0 Å². The average Bonchev–Trinajstić information content (AvgIpc) is 2.92. The van der Waals surface area contributed by atoms with Crippen LogP contribution in [0.2, 0.25) is 0 Å². The summed E-state index contributed by atoms with van der Waals surface area (Å²) in [6, 6.07) is 40.4. The van der Waals surface area contributed by atoms with Gasteiger partial charge >= 0.3 is 0 Å². The lowest BCUT2D eigenvalue weighted by atomic mass is 9.58. The zero-order chi connectivity index (χ0) is 23.4. The number of carbonyl (C=O) groups excluding carboxylic acids is 1. The van der Waals surface area contributed by atoms with Crippen LogP contribution in [0.15, 0.2) is 121 Å². The Morgan fingerprint density at radius 3 is 1.83 bits per heavy atom. The van der Waals surface area contributed by atoms with E-state index in [2.05, 4.69) is 41.7 Å². The number of rotatable bonds is 2. The molecule has 1 aliphatic carbocycles. The van der Waals surface area contributed by atoms with E-state index in [9.17, 15) is 4.79 Å². The third-order valence-electron chi connectivity index (χ3n) is 7.14. The van der Waals surface area contributed by atoms with Gasteiger partial charge in [0.15, 0.2) is 11.5 Å². The second-order valence-corrected chi connectivity index (χ2v) is 8.93. The Morgan fingerprint density at radius 2 is 1.11 bits per heavy atom. The molecule has 1 N–H and O–H groups in total. The lowest BCUT2D eigenvalue weighted by Crippen LogP contribution is -2.40. The molecule has 1 heterocycles. The van der Waals surface area contributed by atoms with Gasteiger partial charge in [-0.3, -0.25) is 4.79 Å². The highest BCUT2D eigenvalue weighted by atomic mass is 16.5. The minimum absolute atomic E-state index is 0.0658. The number of para-hydroxylation sites is 3.